The van der Waals surface area contributed by atoms with Crippen LogP contribution in [0.4, 0.5) is 0 Å². The van der Waals surface area contributed by atoms with E-state index in [2.05, 4.69) is 25.3 Å². The van der Waals surface area contributed by atoms with Crippen LogP contribution in [0.15, 0.2) is 55.0 Å². The van der Waals surface area contributed by atoms with Crippen LogP contribution in [0.25, 0.3) is 33.5 Å². The topological polar surface area (TPSA) is 92.8 Å². The highest BCUT2D eigenvalue weighted by molar-refractivity contribution is 5.88. The Kier molecular flexibility index (Phi) is 5.18. The van der Waals surface area contributed by atoms with Crippen LogP contribution >= 0.6 is 0 Å². The largest absolute Gasteiger partial charge is 0.425 e. The number of aryl methyl sites for hydroxylation is 1. The second kappa shape index (κ2) is 8.28. The molecule has 1 aliphatic rings. The number of pyridine rings is 2. The number of nitrogens with zero attached hydrogens (tertiary/aromatic N) is 3. The molecule has 4 heterocycles. The summed E-state index contributed by atoms with van der Waals surface area (Å²) in [6.07, 6.45) is 5.12. The summed E-state index contributed by atoms with van der Waals surface area (Å²) in [6, 6.07) is 13.7. The van der Waals surface area contributed by atoms with Gasteiger partial charge in [-0.1, -0.05) is 12.1 Å². The second-order valence-electron chi connectivity index (χ2n) is 7.83. The van der Waals surface area contributed by atoms with Gasteiger partial charge in [-0.05, 0) is 56.6 Å². The van der Waals surface area contributed by atoms with E-state index in [1.807, 2.05) is 49.4 Å². The number of fused-ring (bicyclic) bond motifs is 1. The van der Waals surface area contributed by atoms with Crippen molar-refractivity contribution in [2.75, 3.05) is 13.1 Å². The number of ether oxygens (including phenoxy) is 1. The highest BCUT2D eigenvalue weighted by Crippen LogP contribution is 2.31. The zero-order valence-corrected chi connectivity index (χ0v) is 17.3. The molecule has 5 rings (SSSR count). The predicted molar refractivity (Wildman–Crippen MR) is 119 cm³/mol. The van der Waals surface area contributed by atoms with Crippen LogP contribution < -0.4 is 10.1 Å². The van der Waals surface area contributed by atoms with Crippen LogP contribution in [0.2, 0.25) is 0 Å². The van der Waals surface area contributed by atoms with Crippen molar-refractivity contribution in [2.45, 2.75) is 19.8 Å². The van der Waals surface area contributed by atoms with Gasteiger partial charge in [0.15, 0.2) is 0 Å². The molecule has 156 valence electrons. The third-order valence-corrected chi connectivity index (χ3v) is 5.56. The fourth-order valence-corrected chi connectivity index (χ4v) is 3.96. The molecule has 0 spiro atoms. The van der Waals surface area contributed by atoms with Crippen LogP contribution in [0.5, 0.6) is 5.75 Å². The summed E-state index contributed by atoms with van der Waals surface area (Å²) in [6.45, 7) is 3.59. The third kappa shape index (κ3) is 4.04. The number of esters is 1. The lowest BCUT2D eigenvalue weighted by Crippen LogP contribution is -2.36. The number of H-pyrrole nitrogens is 1. The van der Waals surface area contributed by atoms with E-state index in [4.69, 9.17) is 4.74 Å². The number of aromatic amines is 1. The molecule has 1 aromatic carbocycles. The Morgan fingerprint density at radius 3 is 2.94 bits per heavy atom. The monoisotopic (exact) mass is 413 g/mol. The van der Waals surface area contributed by atoms with E-state index in [1.165, 1.54) is 0 Å². The summed E-state index contributed by atoms with van der Waals surface area (Å²) in [5.74, 6) is 0.150. The van der Waals surface area contributed by atoms with Gasteiger partial charge in [0.2, 0.25) is 0 Å². The number of hydrogen-bond acceptors (Lipinski definition) is 6. The standard InChI is InChI=1S/C24H23N5O2/c1-15-4-2-6-21(29-15)23-22(27-14-28-23)16-7-8-20-18(10-16)11-19(13-26-20)31-24(30)17-5-3-9-25-12-17/h2,4,6-8,10-11,13-14,17,25H,3,5,9,12H2,1H3,(H,27,28). The lowest BCUT2D eigenvalue weighted by atomic mass is 10.0. The molecule has 31 heavy (non-hydrogen) atoms. The van der Waals surface area contributed by atoms with E-state index in [9.17, 15) is 4.79 Å². The molecule has 3 aromatic heterocycles. The third-order valence-electron chi connectivity index (χ3n) is 5.56. The molecular weight excluding hydrogens is 390 g/mol. The molecule has 2 N–H and O–H groups in total. The number of nitrogens with one attached hydrogen (secondary N) is 2. The van der Waals surface area contributed by atoms with Crippen molar-refractivity contribution in [3.8, 4) is 28.4 Å². The van der Waals surface area contributed by atoms with Crippen molar-refractivity contribution >= 4 is 16.9 Å². The number of hydrogen-bond donors (Lipinski definition) is 2. The van der Waals surface area contributed by atoms with Crippen molar-refractivity contribution in [1.29, 1.82) is 0 Å². The van der Waals surface area contributed by atoms with Crippen LogP contribution in [0.1, 0.15) is 18.5 Å². The van der Waals surface area contributed by atoms with Gasteiger partial charge in [-0.15, -0.1) is 0 Å². The van der Waals surface area contributed by atoms with E-state index in [0.717, 1.165) is 58.6 Å². The number of carbonyl (C=O) groups excluding carboxylic acids is 1. The molecule has 0 bridgehead atoms. The molecule has 1 fully saturated rings. The molecule has 0 amide bonds. The molecule has 1 unspecified atom stereocenters. The van der Waals surface area contributed by atoms with Gasteiger partial charge in [-0.3, -0.25) is 14.8 Å². The number of rotatable bonds is 4. The molecule has 0 saturated carbocycles. The lowest BCUT2D eigenvalue weighted by molar-refractivity contribution is -0.139. The number of imidazole rings is 1. The Hall–Kier alpha value is -3.58. The Morgan fingerprint density at radius 1 is 1.16 bits per heavy atom. The minimum absolute atomic E-state index is 0.107. The maximum Gasteiger partial charge on any atom is 0.315 e. The zero-order valence-electron chi connectivity index (χ0n) is 17.3. The quantitative estimate of drug-likeness (QED) is 0.493. The Labute approximate surface area is 179 Å². The molecule has 7 heteroatoms. The SMILES string of the molecule is Cc1cccc(-c2[nH]cnc2-c2ccc3ncc(OC(=O)C4CCCNC4)cc3c2)n1. The molecule has 7 nitrogen and oxygen atoms in total. The highest BCUT2D eigenvalue weighted by Gasteiger charge is 2.23. The highest BCUT2D eigenvalue weighted by atomic mass is 16.5. The Balaban J connectivity index is 1.45. The summed E-state index contributed by atoms with van der Waals surface area (Å²) in [4.78, 5) is 29.3. The predicted octanol–water partition coefficient (Wildman–Crippen LogP) is 3.90. The minimum atomic E-state index is -0.204. The van der Waals surface area contributed by atoms with Crippen LogP contribution in [-0.4, -0.2) is 39.0 Å². The summed E-state index contributed by atoms with van der Waals surface area (Å²) in [7, 11) is 0. The first kappa shape index (κ1) is 19.4. The Morgan fingerprint density at radius 2 is 2.10 bits per heavy atom. The first-order valence-electron chi connectivity index (χ1n) is 10.5. The van der Waals surface area contributed by atoms with Gasteiger partial charge in [0.25, 0.3) is 0 Å². The first-order chi connectivity index (χ1) is 15.2. The zero-order chi connectivity index (χ0) is 21.2. The summed E-state index contributed by atoms with van der Waals surface area (Å²) < 4.78 is 5.63. The van der Waals surface area contributed by atoms with E-state index in [1.54, 1.807) is 12.5 Å². The summed E-state index contributed by atoms with van der Waals surface area (Å²) in [5, 5.41) is 4.13. The number of carbonyl (C=O) groups is 1. The maximum absolute atomic E-state index is 12.5. The van der Waals surface area contributed by atoms with E-state index in [0.29, 0.717) is 12.3 Å². The molecule has 1 aliphatic heterocycles. The molecule has 4 aromatic rings. The average Bonchev–Trinajstić information content (AvgIpc) is 3.29. The van der Waals surface area contributed by atoms with Gasteiger partial charge in [-0.25, -0.2) is 4.98 Å². The van der Waals surface area contributed by atoms with Gasteiger partial charge >= 0.3 is 5.97 Å². The average molecular weight is 413 g/mol. The molecular formula is C24H23N5O2. The molecule has 1 atom stereocenters. The van der Waals surface area contributed by atoms with Crippen LogP contribution in [0.3, 0.4) is 0 Å². The van der Waals surface area contributed by atoms with Crippen LogP contribution in [0, 0.1) is 12.8 Å². The maximum atomic E-state index is 12.5. The molecule has 1 saturated heterocycles. The van der Waals surface area contributed by atoms with Crippen LogP contribution in [-0.2, 0) is 4.79 Å². The fourth-order valence-electron chi connectivity index (χ4n) is 3.96. The van der Waals surface area contributed by atoms with E-state index < -0.39 is 0 Å². The number of aromatic nitrogens is 4. The molecule has 0 radical (unpaired) electrons. The van der Waals surface area contributed by atoms with Crippen molar-refractivity contribution in [3.63, 3.8) is 0 Å². The smallest absolute Gasteiger partial charge is 0.315 e. The Bertz CT molecular complexity index is 1240. The first-order valence-corrected chi connectivity index (χ1v) is 10.5. The minimum Gasteiger partial charge on any atom is -0.425 e. The summed E-state index contributed by atoms with van der Waals surface area (Å²) in [5.41, 5.74) is 5.23. The van der Waals surface area contributed by atoms with Gasteiger partial charge in [0, 0.05) is 23.2 Å². The van der Waals surface area contributed by atoms with Gasteiger partial charge in [0.1, 0.15) is 5.75 Å². The van der Waals surface area contributed by atoms with E-state index >= 15 is 0 Å². The number of benzene rings is 1. The molecule has 0 aliphatic carbocycles. The fraction of sp³-hybridized carbons (Fsp3) is 0.250. The van der Waals surface area contributed by atoms with Crippen molar-refractivity contribution in [2.24, 2.45) is 5.92 Å². The number of piperidine rings is 1. The lowest BCUT2D eigenvalue weighted by Gasteiger charge is -2.20. The second-order valence-corrected chi connectivity index (χ2v) is 7.83. The van der Waals surface area contributed by atoms with Gasteiger partial charge < -0.3 is 15.0 Å². The van der Waals surface area contributed by atoms with Gasteiger partial charge in [-0.2, -0.15) is 0 Å². The summed E-state index contributed by atoms with van der Waals surface area (Å²) >= 11 is 0. The van der Waals surface area contributed by atoms with Crippen molar-refractivity contribution in [3.05, 3.63) is 60.7 Å². The van der Waals surface area contributed by atoms with Crippen molar-refractivity contribution < 1.29 is 9.53 Å². The normalized spacial score (nSPS) is 16.4. The van der Waals surface area contributed by atoms with Crippen molar-refractivity contribution in [1.82, 2.24) is 25.3 Å². The van der Waals surface area contributed by atoms with E-state index in [-0.39, 0.29) is 11.9 Å². The van der Waals surface area contributed by atoms with Gasteiger partial charge in [0.05, 0.1) is 41.0 Å².